The molecule has 3 rings (SSSR count). The van der Waals surface area contributed by atoms with Crippen molar-refractivity contribution in [3.63, 3.8) is 0 Å². The quantitative estimate of drug-likeness (QED) is 0.630. The van der Waals surface area contributed by atoms with E-state index in [2.05, 4.69) is 10.4 Å². The molecule has 1 atom stereocenters. The summed E-state index contributed by atoms with van der Waals surface area (Å²) in [4.78, 5) is 13.7. The van der Waals surface area contributed by atoms with Crippen LogP contribution in [0.3, 0.4) is 0 Å². The number of benzene rings is 1. The zero-order valence-electron chi connectivity index (χ0n) is 13.9. The van der Waals surface area contributed by atoms with Crippen LogP contribution in [-0.2, 0) is 0 Å². The lowest BCUT2D eigenvalue weighted by atomic mass is 10.1. The molecule has 0 radical (unpaired) electrons. The summed E-state index contributed by atoms with van der Waals surface area (Å²) in [6.07, 6.45) is 2.00. The Balaban J connectivity index is 1.94. The smallest absolute Gasteiger partial charge is 0.292 e. The van der Waals surface area contributed by atoms with E-state index in [1.54, 1.807) is 23.5 Å². The standard InChI is InChI=1S/C18H17Cl2N3O2S/c1-11-4-5-12(9-13(11)19)23-18(25)17(20)15(10-21-23)22-14(6-7-24)16-3-2-8-26-16/h2-5,8-10,14,22,24H,6-7H2,1H3. The highest BCUT2D eigenvalue weighted by Crippen LogP contribution is 2.28. The van der Waals surface area contributed by atoms with Crippen LogP contribution in [0.4, 0.5) is 5.69 Å². The van der Waals surface area contributed by atoms with Gasteiger partial charge >= 0.3 is 0 Å². The number of hydrogen-bond donors (Lipinski definition) is 2. The number of aromatic nitrogens is 2. The van der Waals surface area contributed by atoms with Crippen LogP contribution in [0.25, 0.3) is 5.69 Å². The largest absolute Gasteiger partial charge is 0.396 e. The summed E-state index contributed by atoms with van der Waals surface area (Å²) >= 11 is 14.0. The van der Waals surface area contributed by atoms with Gasteiger partial charge < -0.3 is 10.4 Å². The number of anilines is 1. The summed E-state index contributed by atoms with van der Waals surface area (Å²) in [5.41, 5.74) is 1.45. The molecule has 0 aliphatic rings. The minimum absolute atomic E-state index is 0.0134. The van der Waals surface area contributed by atoms with Gasteiger partial charge in [0.1, 0.15) is 5.02 Å². The highest BCUT2D eigenvalue weighted by molar-refractivity contribution is 7.10. The third-order valence-electron chi connectivity index (χ3n) is 3.95. The van der Waals surface area contributed by atoms with Crippen molar-refractivity contribution in [3.8, 4) is 5.69 Å². The van der Waals surface area contributed by atoms with E-state index in [0.717, 1.165) is 10.4 Å². The topological polar surface area (TPSA) is 67.2 Å². The summed E-state index contributed by atoms with van der Waals surface area (Å²) in [7, 11) is 0. The fraction of sp³-hybridized carbons (Fsp3) is 0.222. The van der Waals surface area contributed by atoms with Crippen LogP contribution < -0.4 is 10.9 Å². The molecular formula is C18H17Cl2N3O2S. The van der Waals surface area contributed by atoms with Crippen LogP contribution in [-0.4, -0.2) is 21.5 Å². The summed E-state index contributed by atoms with van der Waals surface area (Å²) in [6, 6.07) is 9.01. The lowest BCUT2D eigenvalue weighted by Crippen LogP contribution is -2.23. The van der Waals surface area contributed by atoms with Gasteiger partial charge in [-0.1, -0.05) is 35.3 Å². The summed E-state index contributed by atoms with van der Waals surface area (Å²) < 4.78 is 1.21. The van der Waals surface area contributed by atoms with Crippen LogP contribution in [0.1, 0.15) is 22.9 Å². The number of nitrogens with one attached hydrogen (secondary N) is 1. The Morgan fingerprint density at radius 2 is 2.15 bits per heavy atom. The van der Waals surface area contributed by atoms with Gasteiger partial charge in [-0.05, 0) is 42.5 Å². The summed E-state index contributed by atoms with van der Waals surface area (Å²) in [6.45, 7) is 1.90. The van der Waals surface area contributed by atoms with Gasteiger partial charge in [-0.2, -0.15) is 9.78 Å². The van der Waals surface area contributed by atoms with Crippen molar-refractivity contribution in [2.45, 2.75) is 19.4 Å². The van der Waals surface area contributed by atoms with Gasteiger partial charge in [-0.15, -0.1) is 11.3 Å². The third-order valence-corrected chi connectivity index (χ3v) is 5.71. The first-order chi connectivity index (χ1) is 12.5. The zero-order valence-corrected chi connectivity index (χ0v) is 16.3. The molecule has 0 amide bonds. The van der Waals surface area contributed by atoms with E-state index in [4.69, 9.17) is 23.2 Å². The molecule has 5 nitrogen and oxygen atoms in total. The van der Waals surface area contributed by atoms with Gasteiger partial charge in [0.15, 0.2) is 0 Å². The van der Waals surface area contributed by atoms with Crippen LogP contribution in [0.5, 0.6) is 0 Å². The van der Waals surface area contributed by atoms with E-state index < -0.39 is 5.56 Å². The normalized spacial score (nSPS) is 12.2. The second kappa shape index (κ2) is 8.22. The maximum absolute atomic E-state index is 12.7. The molecule has 0 spiro atoms. The van der Waals surface area contributed by atoms with Crippen LogP contribution >= 0.6 is 34.5 Å². The van der Waals surface area contributed by atoms with E-state index >= 15 is 0 Å². The molecule has 1 unspecified atom stereocenters. The lowest BCUT2D eigenvalue weighted by molar-refractivity contribution is 0.280. The molecule has 26 heavy (non-hydrogen) atoms. The monoisotopic (exact) mass is 409 g/mol. The van der Waals surface area contributed by atoms with E-state index in [1.165, 1.54) is 10.9 Å². The molecule has 2 heterocycles. The van der Waals surface area contributed by atoms with Crippen molar-refractivity contribution in [3.05, 3.63) is 72.7 Å². The van der Waals surface area contributed by atoms with Gasteiger partial charge in [-0.25, -0.2) is 0 Å². The molecule has 8 heteroatoms. The lowest BCUT2D eigenvalue weighted by Gasteiger charge is -2.18. The molecule has 0 aliphatic heterocycles. The second-order valence-electron chi connectivity index (χ2n) is 5.75. The molecule has 2 N–H and O–H groups in total. The van der Waals surface area contributed by atoms with Crippen molar-refractivity contribution in [2.75, 3.05) is 11.9 Å². The molecule has 2 aromatic heterocycles. The van der Waals surface area contributed by atoms with Crippen LogP contribution in [0, 0.1) is 6.92 Å². The molecule has 0 fully saturated rings. The minimum Gasteiger partial charge on any atom is -0.396 e. The Bertz CT molecular complexity index is 958. The molecule has 1 aromatic carbocycles. The Labute approximate surface area is 164 Å². The highest BCUT2D eigenvalue weighted by Gasteiger charge is 2.17. The van der Waals surface area contributed by atoms with E-state index in [0.29, 0.717) is 22.8 Å². The Morgan fingerprint density at radius 3 is 2.81 bits per heavy atom. The van der Waals surface area contributed by atoms with E-state index in [1.807, 2.05) is 30.5 Å². The number of rotatable bonds is 6. The molecular weight excluding hydrogens is 393 g/mol. The third kappa shape index (κ3) is 3.94. The maximum atomic E-state index is 12.7. The number of aryl methyl sites for hydroxylation is 1. The van der Waals surface area contributed by atoms with E-state index in [-0.39, 0.29) is 17.7 Å². The molecule has 3 aromatic rings. The van der Waals surface area contributed by atoms with Crippen LogP contribution in [0.15, 0.2) is 46.7 Å². The first kappa shape index (κ1) is 18.9. The second-order valence-corrected chi connectivity index (χ2v) is 7.51. The Kier molecular flexibility index (Phi) is 5.98. The van der Waals surface area contributed by atoms with Crippen molar-refractivity contribution in [1.82, 2.24) is 9.78 Å². The molecule has 0 bridgehead atoms. The SMILES string of the molecule is Cc1ccc(-n2ncc(NC(CCO)c3cccs3)c(Cl)c2=O)cc1Cl. The maximum Gasteiger partial charge on any atom is 0.292 e. The van der Waals surface area contributed by atoms with Gasteiger partial charge in [0.05, 0.1) is 23.6 Å². The number of halogens is 2. The number of aliphatic hydroxyl groups is 1. The molecule has 136 valence electrons. The summed E-state index contributed by atoms with van der Waals surface area (Å²) in [5.74, 6) is 0. The van der Waals surface area contributed by atoms with Crippen LogP contribution in [0.2, 0.25) is 10.0 Å². The average molecular weight is 410 g/mol. The first-order valence-corrected chi connectivity index (χ1v) is 9.60. The predicted molar refractivity (Wildman–Crippen MR) is 107 cm³/mol. The summed E-state index contributed by atoms with van der Waals surface area (Å²) in [5, 5.41) is 19.3. The highest BCUT2D eigenvalue weighted by atomic mass is 35.5. The predicted octanol–water partition coefficient (Wildman–Crippen LogP) is 4.44. The molecule has 0 saturated carbocycles. The number of nitrogens with zero attached hydrogens (tertiary/aromatic N) is 2. The Hall–Kier alpha value is -1.86. The zero-order chi connectivity index (χ0) is 18.7. The Morgan fingerprint density at radius 1 is 1.35 bits per heavy atom. The number of thiophene rings is 1. The fourth-order valence-electron chi connectivity index (χ4n) is 2.52. The first-order valence-electron chi connectivity index (χ1n) is 7.96. The minimum atomic E-state index is -0.439. The van der Waals surface area contributed by atoms with Crippen molar-refractivity contribution < 1.29 is 5.11 Å². The number of aliphatic hydroxyl groups excluding tert-OH is 1. The van der Waals surface area contributed by atoms with Crippen molar-refractivity contribution >= 4 is 40.2 Å². The van der Waals surface area contributed by atoms with Gasteiger partial charge in [-0.3, -0.25) is 4.79 Å². The van der Waals surface area contributed by atoms with Crippen molar-refractivity contribution in [2.24, 2.45) is 0 Å². The van der Waals surface area contributed by atoms with Gasteiger partial charge in [0.2, 0.25) is 0 Å². The molecule has 0 saturated heterocycles. The molecule has 0 aliphatic carbocycles. The average Bonchev–Trinajstić information content (AvgIpc) is 3.16. The van der Waals surface area contributed by atoms with E-state index in [9.17, 15) is 9.90 Å². The van der Waals surface area contributed by atoms with Crippen molar-refractivity contribution in [1.29, 1.82) is 0 Å². The number of hydrogen-bond acceptors (Lipinski definition) is 5. The van der Waals surface area contributed by atoms with Gasteiger partial charge in [0, 0.05) is 16.5 Å². The fourth-order valence-corrected chi connectivity index (χ4v) is 3.69. The van der Waals surface area contributed by atoms with Gasteiger partial charge in [0.25, 0.3) is 5.56 Å².